The SMILES string of the molecule is CC(C)c1cccc(Cc2cc(C(N)=O)c(O)c(-n3nc4ccccc4n3)c2C(N)=O)c1. The third-order valence-electron chi connectivity index (χ3n) is 5.37. The van der Waals surface area contributed by atoms with Crippen molar-refractivity contribution in [2.75, 3.05) is 0 Å². The minimum atomic E-state index is -0.839. The molecule has 162 valence electrons. The molecule has 0 atom stereocenters. The second kappa shape index (κ2) is 8.14. The Balaban J connectivity index is 1.97. The molecule has 0 saturated carbocycles. The van der Waals surface area contributed by atoms with Crippen molar-refractivity contribution in [1.82, 2.24) is 15.0 Å². The Bertz CT molecular complexity index is 1320. The van der Waals surface area contributed by atoms with Gasteiger partial charge in [0.2, 0.25) is 0 Å². The molecule has 8 heteroatoms. The van der Waals surface area contributed by atoms with Crippen molar-refractivity contribution >= 4 is 22.8 Å². The van der Waals surface area contributed by atoms with Gasteiger partial charge in [0.05, 0.1) is 11.1 Å². The van der Waals surface area contributed by atoms with Gasteiger partial charge in [0, 0.05) is 0 Å². The fourth-order valence-electron chi connectivity index (χ4n) is 3.75. The number of amides is 2. The maximum Gasteiger partial charge on any atom is 0.252 e. The van der Waals surface area contributed by atoms with Gasteiger partial charge in [-0.05, 0) is 47.2 Å². The first-order valence-electron chi connectivity index (χ1n) is 10.2. The molecule has 0 bridgehead atoms. The first-order valence-corrected chi connectivity index (χ1v) is 10.2. The Morgan fingerprint density at radius 2 is 1.62 bits per heavy atom. The minimum absolute atomic E-state index is 0.0303. The summed E-state index contributed by atoms with van der Waals surface area (Å²) >= 11 is 0. The van der Waals surface area contributed by atoms with Gasteiger partial charge >= 0.3 is 0 Å². The third-order valence-corrected chi connectivity index (χ3v) is 5.37. The van der Waals surface area contributed by atoms with Crippen molar-refractivity contribution < 1.29 is 14.7 Å². The van der Waals surface area contributed by atoms with Crippen molar-refractivity contribution in [3.8, 4) is 11.4 Å². The van der Waals surface area contributed by atoms with Crippen LogP contribution < -0.4 is 11.5 Å². The van der Waals surface area contributed by atoms with Crippen molar-refractivity contribution in [3.05, 3.63) is 82.4 Å². The molecule has 0 radical (unpaired) electrons. The fourth-order valence-corrected chi connectivity index (χ4v) is 3.75. The van der Waals surface area contributed by atoms with Gasteiger partial charge in [0.25, 0.3) is 11.8 Å². The smallest absolute Gasteiger partial charge is 0.252 e. The predicted octanol–water partition coefficient (Wildman–Crippen LogP) is 3.04. The number of nitrogens with zero attached hydrogens (tertiary/aromatic N) is 3. The molecule has 0 spiro atoms. The van der Waals surface area contributed by atoms with Crippen LogP contribution in [-0.4, -0.2) is 31.9 Å². The van der Waals surface area contributed by atoms with Gasteiger partial charge in [-0.2, -0.15) is 0 Å². The molecule has 0 aliphatic carbocycles. The number of rotatable bonds is 6. The Labute approximate surface area is 184 Å². The zero-order valence-electron chi connectivity index (χ0n) is 17.7. The number of aromatic nitrogens is 3. The number of hydrogen-bond acceptors (Lipinski definition) is 5. The van der Waals surface area contributed by atoms with E-state index in [0.29, 0.717) is 28.9 Å². The van der Waals surface area contributed by atoms with E-state index >= 15 is 0 Å². The van der Waals surface area contributed by atoms with Crippen LogP contribution in [0.1, 0.15) is 57.2 Å². The fraction of sp³-hybridized carbons (Fsp3) is 0.167. The first kappa shape index (κ1) is 21.0. The highest BCUT2D eigenvalue weighted by atomic mass is 16.3. The predicted molar refractivity (Wildman–Crippen MR) is 121 cm³/mol. The number of hydrogen-bond donors (Lipinski definition) is 3. The summed E-state index contributed by atoms with van der Waals surface area (Å²) in [5.74, 6) is -1.79. The van der Waals surface area contributed by atoms with Crippen molar-refractivity contribution in [1.29, 1.82) is 0 Å². The number of fused-ring (bicyclic) bond motifs is 1. The molecule has 0 aliphatic heterocycles. The highest BCUT2D eigenvalue weighted by molar-refractivity contribution is 6.04. The summed E-state index contributed by atoms with van der Waals surface area (Å²) in [6.45, 7) is 4.18. The van der Waals surface area contributed by atoms with Gasteiger partial charge in [-0.1, -0.05) is 50.2 Å². The van der Waals surface area contributed by atoms with E-state index in [1.165, 1.54) is 6.07 Å². The van der Waals surface area contributed by atoms with Gasteiger partial charge in [-0.25, -0.2) is 0 Å². The Hall–Kier alpha value is -4.20. The van der Waals surface area contributed by atoms with Crippen LogP contribution in [0.3, 0.4) is 0 Å². The largest absolute Gasteiger partial charge is 0.505 e. The van der Waals surface area contributed by atoms with Crippen molar-refractivity contribution in [2.24, 2.45) is 11.5 Å². The molecule has 4 rings (SSSR count). The standard InChI is InChI=1S/C24H23N5O3/c1-13(2)15-7-5-6-14(10-15)11-16-12-17(23(25)31)22(30)21(20(16)24(26)32)29-27-18-8-3-4-9-19(18)28-29/h3-10,12-13,30H,11H2,1-2H3,(H2,25,31)(H2,26,32). The normalized spacial score (nSPS) is 11.2. The average molecular weight is 429 g/mol. The summed E-state index contributed by atoms with van der Waals surface area (Å²) in [6, 6.07) is 16.4. The lowest BCUT2D eigenvalue weighted by molar-refractivity contribution is 0.0984. The molecular weight excluding hydrogens is 406 g/mol. The van der Waals surface area contributed by atoms with E-state index in [4.69, 9.17) is 11.5 Å². The van der Waals surface area contributed by atoms with Crippen molar-refractivity contribution in [2.45, 2.75) is 26.2 Å². The molecule has 4 aromatic rings. The molecule has 5 N–H and O–H groups in total. The number of carbonyl (C=O) groups excluding carboxylic acids is 2. The summed E-state index contributed by atoms with van der Waals surface area (Å²) in [5.41, 5.74) is 14.7. The Morgan fingerprint density at radius 1 is 0.969 bits per heavy atom. The van der Waals surface area contributed by atoms with Gasteiger partial charge in [-0.15, -0.1) is 15.0 Å². The summed E-state index contributed by atoms with van der Waals surface area (Å²) in [4.78, 5) is 25.8. The van der Waals surface area contributed by atoms with Gasteiger partial charge < -0.3 is 16.6 Å². The number of nitrogens with two attached hydrogens (primary N) is 2. The van der Waals surface area contributed by atoms with E-state index in [2.05, 4.69) is 24.0 Å². The van der Waals surface area contributed by atoms with E-state index < -0.39 is 17.6 Å². The summed E-state index contributed by atoms with van der Waals surface area (Å²) in [5, 5.41) is 19.6. The average Bonchev–Trinajstić information content (AvgIpc) is 3.18. The van der Waals surface area contributed by atoms with Crippen LogP contribution in [0.5, 0.6) is 5.75 Å². The summed E-state index contributed by atoms with van der Waals surface area (Å²) in [6.07, 6.45) is 0.299. The monoisotopic (exact) mass is 429 g/mol. The van der Waals surface area contributed by atoms with Gasteiger partial charge in [-0.3, -0.25) is 9.59 Å². The zero-order chi connectivity index (χ0) is 23.0. The molecule has 0 fully saturated rings. The maximum absolute atomic E-state index is 12.6. The third kappa shape index (κ3) is 3.78. The number of carbonyl (C=O) groups is 2. The highest BCUT2D eigenvalue weighted by Crippen LogP contribution is 2.34. The molecular formula is C24H23N5O3. The molecule has 32 heavy (non-hydrogen) atoms. The van der Waals surface area contributed by atoms with Crippen LogP contribution in [0.4, 0.5) is 0 Å². The minimum Gasteiger partial charge on any atom is -0.505 e. The van der Waals surface area contributed by atoms with E-state index in [9.17, 15) is 14.7 Å². The number of primary amides is 2. The van der Waals surface area contributed by atoms with E-state index in [1.54, 1.807) is 24.3 Å². The van der Waals surface area contributed by atoms with Crippen LogP contribution in [0, 0.1) is 0 Å². The van der Waals surface area contributed by atoms with Gasteiger partial charge in [0.1, 0.15) is 16.7 Å². The molecule has 0 unspecified atom stereocenters. The molecule has 1 heterocycles. The second-order valence-corrected chi connectivity index (χ2v) is 7.94. The first-order chi connectivity index (χ1) is 15.3. The molecule has 1 aromatic heterocycles. The molecule has 0 saturated heterocycles. The lowest BCUT2D eigenvalue weighted by atomic mass is 9.92. The van der Waals surface area contributed by atoms with E-state index in [-0.39, 0.29) is 16.8 Å². The zero-order valence-corrected chi connectivity index (χ0v) is 17.7. The Kier molecular flexibility index (Phi) is 5.36. The number of benzene rings is 3. The van der Waals surface area contributed by atoms with Crippen LogP contribution in [0.25, 0.3) is 16.7 Å². The number of phenols is 1. The Morgan fingerprint density at radius 3 is 2.19 bits per heavy atom. The van der Waals surface area contributed by atoms with Crippen LogP contribution in [-0.2, 0) is 6.42 Å². The maximum atomic E-state index is 12.6. The van der Waals surface area contributed by atoms with Crippen LogP contribution >= 0.6 is 0 Å². The lowest BCUT2D eigenvalue weighted by Crippen LogP contribution is -2.21. The second-order valence-electron chi connectivity index (χ2n) is 7.94. The highest BCUT2D eigenvalue weighted by Gasteiger charge is 2.26. The molecule has 0 aliphatic rings. The lowest BCUT2D eigenvalue weighted by Gasteiger charge is -2.16. The topological polar surface area (TPSA) is 137 Å². The quantitative estimate of drug-likeness (QED) is 0.433. The van der Waals surface area contributed by atoms with E-state index in [0.717, 1.165) is 15.9 Å². The van der Waals surface area contributed by atoms with E-state index in [1.807, 2.05) is 24.3 Å². The van der Waals surface area contributed by atoms with Crippen LogP contribution in [0.2, 0.25) is 0 Å². The van der Waals surface area contributed by atoms with Gasteiger partial charge in [0.15, 0.2) is 5.75 Å². The molecule has 3 aromatic carbocycles. The summed E-state index contributed by atoms with van der Waals surface area (Å²) in [7, 11) is 0. The summed E-state index contributed by atoms with van der Waals surface area (Å²) < 4.78 is 0. The van der Waals surface area contributed by atoms with Crippen LogP contribution in [0.15, 0.2) is 54.6 Å². The number of aromatic hydroxyl groups is 1. The molecule has 2 amide bonds. The molecule has 8 nitrogen and oxygen atoms in total. The van der Waals surface area contributed by atoms with Crippen molar-refractivity contribution in [3.63, 3.8) is 0 Å².